The average molecular weight is 420 g/mol. The normalized spacial score (nSPS) is 28.7. The fraction of sp³-hybridized carbons (Fsp3) is 0.462. The minimum Gasteiger partial charge on any atom is -0.316 e. The number of rotatable bonds is 5. The van der Waals surface area contributed by atoms with Crippen LogP contribution in [0.25, 0.3) is 0 Å². The largest absolute Gasteiger partial charge is 0.316 e. The summed E-state index contributed by atoms with van der Waals surface area (Å²) in [4.78, 5) is 30.2. The lowest BCUT2D eigenvalue weighted by molar-refractivity contribution is -1.03. The van der Waals surface area contributed by atoms with Gasteiger partial charge >= 0.3 is 0 Å². The van der Waals surface area contributed by atoms with Gasteiger partial charge in [-0.15, -0.1) is 0 Å². The van der Waals surface area contributed by atoms with E-state index in [2.05, 4.69) is 60.7 Å². The third kappa shape index (κ3) is 4.04. The van der Waals surface area contributed by atoms with Gasteiger partial charge in [0.1, 0.15) is 32.2 Å². The zero-order valence-electron chi connectivity index (χ0n) is 18.1. The molecule has 0 aromatic heterocycles. The van der Waals surface area contributed by atoms with Crippen molar-refractivity contribution < 1.29 is 19.4 Å². The van der Waals surface area contributed by atoms with Crippen LogP contribution in [-0.4, -0.2) is 49.6 Å². The first-order chi connectivity index (χ1) is 15.2. The number of nitrogens with zero attached hydrogens (tertiary/aromatic N) is 1. The van der Waals surface area contributed by atoms with Gasteiger partial charge in [-0.25, -0.2) is 4.90 Å². The third-order valence-electron chi connectivity index (χ3n) is 7.59. The molecule has 2 aromatic rings. The van der Waals surface area contributed by atoms with Crippen LogP contribution in [0, 0.1) is 11.8 Å². The Morgan fingerprint density at radius 2 is 1.23 bits per heavy atom. The SMILES string of the molecule is O=C1[C@H]2CCCC[C@@H]2C(=O)N1C[NH+]1CC[NH+](C(c2ccccc2)c2ccccc2)CC1. The minimum absolute atomic E-state index is 0.0342. The number of hydrogen-bond acceptors (Lipinski definition) is 2. The highest BCUT2D eigenvalue weighted by Crippen LogP contribution is 2.37. The number of benzene rings is 2. The molecule has 1 saturated carbocycles. The van der Waals surface area contributed by atoms with Crippen molar-refractivity contribution in [3.8, 4) is 0 Å². The highest BCUT2D eigenvalue weighted by Gasteiger charge is 2.49. The summed E-state index contributed by atoms with van der Waals surface area (Å²) in [5, 5.41) is 0. The molecule has 0 bridgehead atoms. The fourth-order valence-electron chi connectivity index (χ4n) is 5.94. The van der Waals surface area contributed by atoms with Crippen LogP contribution in [0.1, 0.15) is 42.9 Å². The molecule has 5 rings (SSSR count). The van der Waals surface area contributed by atoms with Gasteiger partial charge in [0.25, 0.3) is 0 Å². The minimum atomic E-state index is -0.0342. The Bertz CT molecular complexity index is 845. The highest BCUT2D eigenvalue weighted by molar-refractivity contribution is 6.05. The van der Waals surface area contributed by atoms with E-state index in [1.54, 1.807) is 9.80 Å². The number of nitrogens with one attached hydrogen (secondary N) is 2. The molecule has 2 N–H and O–H groups in total. The van der Waals surface area contributed by atoms with E-state index in [4.69, 9.17) is 0 Å². The predicted octanol–water partition coefficient (Wildman–Crippen LogP) is 0.692. The number of carbonyl (C=O) groups excluding carboxylic acids is 2. The van der Waals surface area contributed by atoms with Gasteiger partial charge in [-0.1, -0.05) is 73.5 Å². The molecule has 2 amide bonds. The number of piperazine rings is 1. The van der Waals surface area contributed by atoms with E-state index in [1.165, 1.54) is 16.0 Å². The topological polar surface area (TPSA) is 46.3 Å². The third-order valence-corrected chi connectivity index (χ3v) is 7.59. The number of imide groups is 1. The molecule has 2 heterocycles. The average Bonchev–Trinajstić information content (AvgIpc) is 3.07. The molecule has 3 aliphatic rings. The first-order valence-corrected chi connectivity index (χ1v) is 11.9. The summed E-state index contributed by atoms with van der Waals surface area (Å²) in [5.41, 5.74) is 2.70. The van der Waals surface area contributed by atoms with Gasteiger partial charge in [-0.3, -0.25) is 9.59 Å². The van der Waals surface area contributed by atoms with Crippen molar-refractivity contribution in [2.24, 2.45) is 11.8 Å². The molecule has 2 aromatic carbocycles. The van der Waals surface area contributed by atoms with Gasteiger partial charge in [0.05, 0.1) is 11.8 Å². The van der Waals surface area contributed by atoms with Crippen molar-refractivity contribution in [3.05, 3.63) is 71.8 Å². The summed E-state index contributed by atoms with van der Waals surface area (Å²) in [6.45, 7) is 4.59. The van der Waals surface area contributed by atoms with Crippen LogP contribution < -0.4 is 9.80 Å². The molecule has 2 saturated heterocycles. The van der Waals surface area contributed by atoms with Gasteiger partial charge in [-0.05, 0) is 12.8 Å². The molecular weight excluding hydrogens is 386 g/mol. The maximum absolute atomic E-state index is 12.9. The molecule has 3 fully saturated rings. The highest BCUT2D eigenvalue weighted by atomic mass is 16.2. The first-order valence-electron chi connectivity index (χ1n) is 11.9. The molecule has 0 unspecified atom stereocenters. The van der Waals surface area contributed by atoms with Gasteiger partial charge in [0, 0.05) is 11.1 Å². The number of likely N-dealkylation sites (tertiary alicyclic amines) is 1. The summed E-state index contributed by atoms with van der Waals surface area (Å²) in [6.07, 6.45) is 3.97. The van der Waals surface area contributed by atoms with Crippen LogP contribution in [-0.2, 0) is 9.59 Å². The van der Waals surface area contributed by atoms with Crippen molar-refractivity contribution >= 4 is 11.8 Å². The van der Waals surface area contributed by atoms with Gasteiger partial charge in [0.2, 0.25) is 11.8 Å². The quantitative estimate of drug-likeness (QED) is 0.701. The van der Waals surface area contributed by atoms with E-state index in [0.29, 0.717) is 12.7 Å². The van der Waals surface area contributed by atoms with Gasteiger partial charge in [-0.2, -0.15) is 0 Å². The number of carbonyl (C=O) groups is 2. The lowest BCUT2D eigenvalue weighted by Crippen LogP contribution is -3.28. The Hall–Kier alpha value is -2.50. The van der Waals surface area contributed by atoms with E-state index in [9.17, 15) is 9.59 Å². The second-order valence-electron chi connectivity index (χ2n) is 9.42. The Labute approximate surface area is 184 Å². The van der Waals surface area contributed by atoms with E-state index in [-0.39, 0.29) is 23.7 Å². The second-order valence-corrected chi connectivity index (χ2v) is 9.42. The van der Waals surface area contributed by atoms with Crippen molar-refractivity contribution in [2.45, 2.75) is 31.7 Å². The number of hydrogen-bond donors (Lipinski definition) is 2. The maximum Gasteiger partial charge on any atom is 0.237 e. The van der Waals surface area contributed by atoms with E-state index >= 15 is 0 Å². The summed E-state index contributed by atoms with van der Waals surface area (Å²) in [5.74, 6) is 0.132. The molecule has 2 atom stereocenters. The van der Waals surface area contributed by atoms with Crippen LogP contribution in [0.2, 0.25) is 0 Å². The molecular formula is C26H33N3O2+2. The second kappa shape index (κ2) is 8.93. The smallest absolute Gasteiger partial charge is 0.237 e. The summed E-state index contributed by atoms with van der Waals surface area (Å²) < 4.78 is 0. The number of quaternary nitrogens is 2. The van der Waals surface area contributed by atoms with Crippen LogP contribution >= 0.6 is 0 Å². The zero-order valence-corrected chi connectivity index (χ0v) is 18.1. The zero-order chi connectivity index (χ0) is 21.2. The monoisotopic (exact) mass is 419 g/mol. The van der Waals surface area contributed by atoms with Crippen molar-refractivity contribution in [1.82, 2.24) is 4.90 Å². The molecule has 31 heavy (non-hydrogen) atoms. The summed E-state index contributed by atoms with van der Waals surface area (Å²) in [6, 6.07) is 21.9. The Morgan fingerprint density at radius 3 is 1.71 bits per heavy atom. The lowest BCUT2D eigenvalue weighted by Gasteiger charge is -2.36. The van der Waals surface area contributed by atoms with Crippen LogP contribution in [0.5, 0.6) is 0 Å². The molecule has 0 spiro atoms. The first kappa shape index (κ1) is 20.4. The maximum atomic E-state index is 12.9. The Balaban J connectivity index is 1.26. The number of fused-ring (bicyclic) bond motifs is 1. The number of amides is 2. The van der Waals surface area contributed by atoms with Crippen molar-refractivity contribution in [3.63, 3.8) is 0 Å². The molecule has 1 aliphatic carbocycles. The predicted molar refractivity (Wildman–Crippen MR) is 118 cm³/mol. The Kier molecular flexibility index (Phi) is 5.88. The molecule has 2 aliphatic heterocycles. The van der Waals surface area contributed by atoms with E-state index in [0.717, 1.165) is 51.9 Å². The Morgan fingerprint density at radius 1 is 0.742 bits per heavy atom. The van der Waals surface area contributed by atoms with Crippen molar-refractivity contribution in [2.75, 3.05) is 32.8 Å². The fourth-order valence-corrected chi connectivity index (χ4v) is 5.94. The summed E-state index contributed by atoms with van der Waals surface area (Å²) >= 11 is 0. The van der Waals surface area contributed by atoms with Crippen LogP contribution in [0.3, 0.4) is 0 Å². The molecule has 5 nitrogen and oxygen atoms in total. The van der Waals surface area contributed by atoms with Crippen LogP contribution in [0.4, 0.5) is 0 Å². The van der Waals surface area contributed by atoms with Gasteiger partial charge < -0.3 is 9.80 Å². The summed E-state index contributed by atoms with van der Waals surface area (Å²) in [7, 11) is 0. The van der Waals surface area contributed by atoms with E-state index < -0.39 is 0 Å². The van der Waals surface area contributed by atoms with E-state index in [1.807, 2.05) is 0 Å². The van der Waals surface area contributed by atoms with Crippen LogP contribution in [0.15, 0.2) is 60.7 Å². The molecule has 162 valence electrons. The standard InChI is InChI=1S/C26H31N3O2/c30-25-22-13-7-8-14-23(22)26(31)29(25)19-27-15-17-28(18-16-27)24(20-9-3-1-4-10-20)21-11-5-2-6-12-21/h1-6,9-12,22-24H,7-8,13-19H2/p+2/t22-,23-/m0/s1. The lowest BCUT2D eigenvalue weighted by atomic mass is 9.81. The van der Waals surface area contributed by atoms with Crippen molar-refractivity contribution in [1.29, 1.82) is 0 Å². The molecule has 5 heteroatoms. The van der Waals surface area contributed by atoms with Gasteiger partial charge in [0.15, 0.2) is 6.67 Å². The molecule has 0 radical (unpaired) electrons.